The third kappa shape index (κ3) is 3.26. The molecule has 1 aliphatic carbocycles. The number of nitrogens with two attached hydrogens (primary N) is 1. The summed E-state index contributed by atoms with van der Waals surface area (Å²) in [5.74, 6) is 0.705. The van der Waals surface area contributed by atoms with Crippen LogP contribution in [0.1, 0.15) is 45.4 Å². The molecule has 108 valence electrons. The Bertz CT molecular complexity index is 353. The van der Waals surface area contributed by atoms with Gasteiger partial charge in [-0.3, -0.25) is 4.79 Å². The summed E-state index contributed by atoms with van der Waals surface area (Å²) in [6, 6.07) is 0.283. The predicted molar refractivity (Wildman–Crippen MR) is 78.8 cm³/mol. The fraction of sp³-hybridized carbons (Fsp3) is 0.857. The van der Waals surface area contributed by atoms with Crippen LogP contribution in [0.4, 0.5) is 0 Å². The summed E-state index contributed by atoms with van der Waals surface area (Å²) < 4.78 is 5.34. The number of rotatable bonds is 3. The second-order valence-electron chi connectivity index (χ2n) is 6.00. The number of hydrogen-bond acceptors (Lipinski definition) is 3. The van der Waals surface area contributed by atoms with E-state index in [0.717, 1.165) is 12.8 Å². The lowest BCUT2D eigenvalue weighted by Crippen LogP contribution is -2.54. The molecule has 0 bridgehead atoms. The fourth-order valence-electron chi connectivity index (χ4n) is 3.19. The van der Waals surface area contributed by atoms with Gasteiger partial charge in [0.15, 0.2) is 0 Å². The number of carbonyl (C=O) groups excluding carboxylic acids is 1. The van der Waals surface area contributed by atoms with Crippen molar-refractivity contribution in [2.45, 2.75) is 51.5 Å². The van der Waals surface area contributed by atoms with Crippen LogP contribution in [0.5, 0.6) is 0 Å². The topological polar surface area (TPSA) is 64.4 Å². The van der Waals surface area contributed by atoms with Gasteiger partial charge in [0.1, 0.15) is 5.41 Å². The summed E-state index contributed by atoms with van der Waals surface area (Å²) >= 11 is 5.16. The molecule has 0 spiro atoms. The molecule has 3 N–H and O–H groups in total. The van der Waals surface area contributed by atoms with E-state index in [1.165, 1.54) is 12.8 Å². The van der Waals surface area contributed by atoms with Crippen LogP contribution in [0.3, 0.4) is 0 Å². The predicted octanol–water partition coefficient (Wildman–Crippen LogP) is 1.76. The first-order valence-electron chi connectivity index (χ1n) is 7.23. The smallest absolute Gasteiger partial charge is 0.233 e. The number of carbonyl (C=O) groups is 1. The summed E-state index contributed by atoms with van der Waals surface area (Å²) in [4.78, 5) is 12.9. The van der Waals surface area contributed by atoms with E-state index < -0.39 is 5.41 Å². The summed E-state index contributed by atoms with van der Waals surface area (Å²) in [7, 11) is 0. The lowest BCUT2D eigenvalue weighted by Gasteiger charge is -2.37. The third-order valence-electron chi connectivity index (χ3n) is 4.52. The van der Waals surface area contributed by atoms with Gasteiger partial charge in [-0.25, -0.2) is 0 Å². The highest BCUT2D eigenvalue weighted by molar-refractivity contribution is 7.80. The minimum atomic E-state index is -0.686. The highest BCUT2D eigenvalue weighted by atomic mass is 32.1. The molecule has 1 saturated heterocycles. The van der Waals surface area contributed by atoms with Crippen LogP contribution < -0.4 is 11.1 Å². The fourth-order valence-corrected chi connectivity index (χ4v) is 3.49. The minimum Gasteiger partial charge on any atom is -0.392 e. The first-order valence-corrected chi connectivity index (χ1v) is 7.64. The highest BCUT2D eigenvalue weighted by Crippen LogP contribution is 2.32. The van der Waals surface area contributed by atoms with Gasteiger partial charge in [0.05, 0.1) is 4.99 Å². The summed E-state index contributed by atoms with van der Waals surface area (Å²) in [5.41, 5.74) is 5.16. The van der Waals surface area contributed by atoms with Crippen molar-refractivity contribution < 1.29 is 9.53 Å². The molecule has 1 aliphatic heterocycles. The van der Waals surface area contributed by atoms with Crippen LogP contribution in [0.15, 0.2) is 0 Å². The van der Waals surface area contributed by atoms with E-state index in [1.807, 2.05) is 0 Å². The quantitative estimate of drug-likeness (QED) is 0.775. The van der Waals surface area contributed by atoms with E-state index in [0.29, 0.717) is 37.0 Å². The number of ether oxygens (including phenoxy) is 1. The molecular formula is C14H24N2O2S. The van der Waals surface area contributed by atoms with Crippen LogP contribution >= 0.6 is 12.2 Å². The van der Waals surface area contributed by atoms with Crippen molar-refractivity contribution in [1.29, 1.82) is 0 Å². The SMILES string of the molecule is CC1CCCC(NC(=O)C2(C(N)=S)CCOCC2)C1. The molecule has 0 aromatic rings. The lowest BCUT2D eigenvalue weighted by molar-refractivity contribution is -0.132. The molecule has 2 aliphatic rings. The van der Waals surface area contributed by atoms with E-state index in [1.54, 1.807) is 0 Å². The molecule has 2 unspecified atom stereocenters. The van der Waals surface area contributed by atoms with Crippen molar-refractivity contribution in [3.63, 3.8) is 0 Å². The van der Waals surface area contributed by atoms with Gasteiger partial charge < -0.3 is 15.8 Å². The Balaban J connectivity index is 2.01. The van der Waals surface area contributed by atoms with Gasteiger partial charge in [-0.15, -0.1) is 0 Å². The molecule has 2 rings (SSSR count). The van der Waals surface area contributed by atoms with E-state index in [9.17, 15) is 4.79 Å². The maximum atomic E-state index is 12.6. The lowest BCUT2D eigenvalue weighted by atomic mass is 9.78. The van der Waals surface area contributed by atoms with E-state index in [2.05, 4.69) is 12.2 Å². The summed E-state index contributed by atoms with van der Waals surface area (Å²) in [6.45, 7) is 3.37. The van der Waals surface area contributed by atoms with Gasteiger partial charge in [-0.1, -0.05) is 32.0 Å². The largest absolute Gasteiger partial charge is 0.392 e. The molecule has 19 heavy (non-hydrogen) atoms. The number of nitrogens with one attached hydrogen (secondary N) is 1. The Morgan fingerprint density at radius 1 is 1.37 bits per heavy atom. The van der Waals surface area contributed by atoms with Crippen LogP contribution in [0.2, 0.25) is 0 Å². The zero-order valence-corrected chi connectivity index (χ0v) is 12.4. The second-order valence-corrected chi connectivity index (χ2v) is 6.44. The zero-order chi connectivity index (χ0) is 13.9. The van der Waals surface area contributed by atoms with E-state index in [4.69, 9.17) is 22.7 Å². The maximum absolute atomic E-state index is 12.6. The molecular weight excluding hydrogens is 260 g/mol. The van der Waals surface area contributed by atoms with Gasteiger partial charge in [0, 0.05) is 19.3 Å². The van der Waals surface area contributed by atoms with Gasteiger partial charge in [-0.05, 0) is 31.6 Å². The van der Waals surface area contributed by atoms with Gasteiger partial charge >= 0.3 is 0 Å². The first-order chi connectivity index (χ1) is 9.04. The molecule has 0 aromatic heterocycles. The second kappa shape index (κ2) is 6.18. The zero-order valence-electron chi connectivity index (χ0n) is 11.6. The molecule has 1 heterocycles. The molecule has 1 saturated carbocycles. The van der Waals surface area contributed by atoms with Crippen LogP contribution in [-0.2, 0) is 9.53 Å². The van der Waals surface area contributed by atoms with Crippen LogP contribution in [-0.4, -0.2) is 30.2 Å². The van der Waals surface area contributed by atoms with Crippen molar-refractivity contribution >= 4 is 23.1 Å². The Morgan fingerprint density at radius 2 is 2.05 bits per heavy atom. The molecule has 1 amide bonds. The van der Waals surface area contributed by atoms with Gasteiger partial charge in [0.2, 0.25) is 5.91 Å². The minimum absolute atomic E-state index is 0.0161. The van der Waals surface area contributed by atoms with E-state index in [-0.39, 0.29) is 11.9 Å². The highest BCUT2D eigenvalue weighted by Gasteiger charge is 2.43. The van der Waals surface area contributed by atoms with Gasteiger partial charge in [0.25, 0.3) is 0 Å². The number of hydrogen-bond donors (Lipinski definition) is 2. The Hall–Kier alpha value is -0.680. The average Bonchev–Trinajstić information content (AvgIpc) is 2.39. The Kier molecular flexibility index (Phi) is 4.79. The van der Waals surface area contributed by atoms with Crippen molar-refractivity contribution in [3.8, 4) is 0 Å². The molecule has 5 heteroatoms. The van der Waals surface area contributed by atoms with Crippen LogP contribution in [0.25, 0.3) is 0 Å². The molecule has 4 nitrogen and oxygen atoms in total. The monoisotopic (exact) mass is 284 g/mol. The molecule has 2 fully saturated rings. The standard InChI is InChI=1S/C14H24N2O2S/c1-10-3-2-4-11(9-10)16-13(17)14(12(15)19)5-7-18-8-6-14/h10-11H,2-9H2,1H3,(H2,15,19)(H,16,17). The van der Waals surface area contributed by atoms with Crippen molar-refractivity contribution in [2.24, 2.45) is 17.1 Å². The van der Waals surface area contributed by atoms with Crippen molar-refractivity contribution in [1.82, 2.24) is 5.32 Å². The molecule has 2 atom stereocenters. The maximum Gasteiger partial charge on any atom is 0.233 e. The van der Waals surface area contributed by atoms with Crippen molar-refractivity contribution in [2.75, 3.05) is 13.2 Å². The third-order valence-corrected chi connectivity index (χ3v) is 4.92. The first kappa shape index (κ1) is 14.7. The van der Waals surface area contributed by atoms with Crippen LogP contribution in [0, 0.1) is 11.3 Å². The molecule has 0 radical (unpaired) electrons. The summed E-state index contributed by atoms with van der Waals surface area (Å²) in [6.07, 6.45) is 5.80. The summed E-state index contributed by atoms with van der Waals surface area (Å²) in [5, 5.41) is 3.18. The Labute approximate surface area is 120 Å². The number of amides is 1. The average molecular weight is 284 g/mol. The normalized spacial score (nSPS) is 30.6. The van der Waals surface area contributed by atoms with E-state index >= 15 is 0 Å². The Morgan fingerprint density at radius 3 is 2.63 bits per heavy atom. The number of thiocarbonyl (C=S) groups is 1. The molecule has 0 aromatic carbocycles. The van der Waals surface area contributed by atoms with Gasteiger partial charge in [-0.2, -0.15) is 0 Å². The van der Waals surface area contributed by atoms with Crippen molar-refractivity contribution in [3.05, 3.63) is 0 Å².